The number of allylic oxidation sites excluding steroid dienone is 1. The second-order valence-electron chi connectivity index (χ2n) is 3.12. The Bertz CT molecular complexity index is 316. The highest BCUT2D eigenvalue weighted by Gasteiger charge is 1.99. The van der Waals surface area contributed by atoms with Crippen LogP contribution in [0.25, 0.3) is 6.08 Å². The summed E-state index contributed by atoms with van der Waals surface area (Å²) in [6.07, 6.45) is 6.37. The summed E-state index contributed by atoms with van der Waals surface area (Å²) in [4.78, 5) is 0. The number of phenolic OH excluding ortho intramolecular Hbond substituents is 1. The van der Waals surface area contributed by atoms with Crippen LogP contribution >= 0.6 is 0 Å². The van der Waals surface area contributed by atoms with Gasteiger partial charge in [-0.3, -0.25) is 0 Å². The van der Waals surface area contributed by atoms with Gasteiger partial charge < -0.3 is 9.84 Å². The van der Waals surface area contributed by atoms with Crippen LogP contribution in [0.1, 0.15) is 25.3 Å². The molecule has 0 bridgehead atoms. The summed E-state index contributed by atoms with van der Waals surface area (Å²) in [5.41, 5.74) is 1.05. The van der Waals surface area contributed by atoms with Crippen molar-refractivity contribution in [3.63, 3.8) is 0 Å². The summed E-state index contributed by atoms with van der Waals surface area (Å²) in [5, 5.41) is 9.36. The molecule has 1 aromatic carbocycles. The van der Waals surface area contributed by atoms with Gasteiger partial charge in [-0.25, -0.2) is 0 Å². The summed E-state index contributed by atoms with van der Waals surface area (Å²) >= 11 is 0. The van der Waals surface area contributed by atoms with Gasteiger partial charge in [0.1, 0.15) is 0 Å². The van der Waals surface area contributed by atoms with Crippen molar-refractivity contribution in [2.75, 3.05) is 7.11 Å². The zero-order chi connectivity index (χ0) is 10.4. The molecule has 0 heterocycles. The molecule has 0 aliphatic rings. The van der Waals surface area contributed by atoms with Crippen LogP contribution in [0.3, 0.4) is 0 Å². The van der Waals surface area contributed by atoms with Crippen molar-refractivity contribution in [2.24, 2.45) is 0 Å². The topological polar surface area (TPSA) is 29.5 Å². The summed E-state index contributed by atoms with van der Waals surface area (Å²) in [6.45, 7) is 2.14. The second-order valence-corrected chi connectivity index (χ2v) is 3.12. The lowest BCUT2D eigenvalue weighted by Gasteiger charge is -2.03. The number of hydrogen-bond acceptors (Lipinski definition) is 2. The van der Waals surface area contributed by atoms with Gasteiger partial charge in [0.25, 0.3) is 0 Å². The SMILES string of the molecule is CCCC=Cc1ccc(O)c(OC)c1. The molecule has 0 unspecified atom stereocenters. The van der Waals surface area contributed by atoms with Crippen LogP contribution in [0.5, 0.6) is 11.5 Å². The fourth-order valence-electron chi connectivity index (χ4n) is 1.18. The van der Waals surface area contributed by atoms with Gasteiger partial charge in [-0.05, 0) is 24.1 Å². The van der Waals surface area contributed by atoms with E-state index in [0.29, 0.717) is 5.75 Å². The Balaban J connectivity index is 2.79. The van der Waals surface area contributed by atoms with E-state index in [4.69, 9.17) is 4.74 Å². The molecule has 0 saturated heterocycles. The van der Waals surface area contributed by atoms with E-state index in [1.165, 1.54) is 0 Å². The molecule has 14 heavy (non-hydrogen) atoms. The van der Waals surface area contributed by atoms with E-state index in [2.05, 4.69) is 13.0 Å². The van der Waals surface area contributed by atoms with E-state index in [0.717, 1.165) is 18.4 Å². The van der Waals surface area contributed by atoms with Gasteiger partial charge in [0.15, 0.2) is 11.5 Å². The minimum absolute atomic E-state index is 0.181. The average molecular weight is 192 g/mol. The average Bonchev–Trinajstić information content (AvgIpc) is 2.21. The van der Waals surface area contributed by atoms with Gasteiger partial charge in [0, 0.05) is 0 Å². The molecule has 0 aliphatic heterocycles. The molecule has 1 aromatic rings. The highest BCUT2D eigenvalue weighted by atomic mass is 16.5. The molecule has 0 aromatic heterocycles. The lowest BCUT2D eigenvalue weighted by molar-refractivity contribution is 0.373. The Morgan fingerprint density at radius 3 is 2.86 bits per heavy atom. The Labute approximate surface area is 84.8 Å². The molecular formula is C12H16O2. The Morgan fingerprint density at radius 2 is 2.21 bits per heavy atom. The Hall–Kier alpha value is -1.44. The largest absolute Gasteiger partial charge is 0.504 e. The monoisotopic (exact) mass is 192 g/mol. The third-order valence-corrected chi connectivity index (χ3v) is 1.97. The van der Waals surface area contributed by atoms with Gasteiger partial charge in [0.05, 0.1) is 7.11 Å². The first-order valence-corrected chi connectivity index (χ1v) is 4.81. The van der Waals surface area contributed by atoms with Crippen LogP contribution in [0, 0.1) is 0 Å². The number of phenols is 1. The predicted molar refractivity (Wildman–Crippen MR) is 58.6 cm³/mol. The maximum atomic E-state index is 9.36. The number of hydrogen-bond donors (Lipinski definition) is 1. The van der Waals surface area contributed by atoms with Crippen molar-refractivity contribution < 1.29 is 9.84 Å². The summed E-state index contributed by atoms with van der Waals surface area (Å²) in [7, 11) is 1.55. The molecule has 1 N–H and O–H groups in total. The number of unbranched alkanes of at least 4 members (excludes halogenated alkanes) is 1. The molecule has 2 nitrogen and oxygen atoms in total. The van der Waals surface area contributed by atoms with Crippen molar-refractivity contribution in [1.82, 2.24) is 0 Å². The van der Waals surface area contributed by atoms with Gasteiger partial charge in [-0.1, -0.05) is 31.6 Å². The van der Waals surface area contributed by atoms with Crippen molar-refractivity contribution in [1.29, 1.82) is 0 Å². The van der Waals surface area contributed by atoms with E-state index in [1.807, 2.05) is 18.2 Å². The zero-order valence-electron chi connectivity index (χ0n) is 8.66. The van der Waals surface area contributed by atoms with Crippen LogP contribution in [0.4, 0.5) is 0 Å². The third-order valence-electron chi connectivity index (χ3n) is 1.97. The van der Waals surface area contributed by atoms with Crippen molar-refractivity contribution in [2.45, 2.75) is 19.8 Å². The molecule has 76 valence electrons. The maximum absolute atomic E-state index is 9.36. The van der Waals surface area contributed by atoms with Crippen LogP contribution < -0.4 is 4.74 Å². The number of rotatable bonds is 4. The molecule has 1 rings (SSSR count). The Kier molecular flexibility index (Phi) is 4.05. The van der Waals surface area contributed by atoms with Crippen molar-refractivity contribution in [3.05, 3.63) is 29.8 Å². The van der Waals surface area contributed by atoms with E-state index in [-0.39, 0.29) is 5.75 Å². The lowest BCUT2D eigenvalue weighted by atomic mass is 10.1. The molecule has 0 aliphatic carbocycles. The minimum atomic E-state index is 0.181. The first kappa shape index (κ1) is 10.6. The summed E-state index contributed by atoms with van der Waals surface area (Å²) in [6, 6.07) is 5.33. The van der Waals surface area contributed by atoms with Crippen molar-refractivity contribution in [3.8, 4) is 11.5 Å². The number of methoxy groups -OCH3 is 1. The number of benzene rings is 1. The van der Waals surface area contributed by atoms with Crippen LogP contribution in [-0.4, -0.2) is 12.2 Å². The third kappa shape index (κ3) is 2.80. The number of aromatic hydroxyl groups is 1. The first-order chi connectivity index (χ1) is 6.77. The highest BCUT2D eigenvalue weighted by molar-refractivity contribution is 5.55. The van der Waals surface area contributed by atoms with Gasteiger partial charge in [-0.2, -0.15) is 0 Å². The van der Waals surface area contributed by atoms with Gasteiger partial charge in [0.2, 0.25) is 0 Å². The fraction of sp³-hybridized carbons (Fsp3) is 0.333. The minimum Gasteiger partial charge on any atom is -0.504 e. The second kappa shape index (κ2) is 5.32. The fourth-order valence-corrected chi connectivity index (χ4v) is 1.18. The lowest BCUT2D eigenvalue weighted by Crippen LogP contribution is -1.84. The summed E-state index contributed by atoms with van der Waals surface area (Å²) < 4.78 is 5.01. The quantitative estimate of drug-likeness (QED) is 0.793. The van der Waals surface area contributed by atoms with E-state index >= 15 is 0 Å². The number of ether oxygens (including phenoxy) is 1. The smallest absolute Gasteiger partial charge is 0.161 e. The highest BCUT2D eigenvalue weighted by Crippen LogP contribution is 2.26. The zero-order valence-corrected chi connectivity index (χ0v) is 8.66. The predicted octanol–water partition coefficient (Wildman–Crippen LogP) is 3.21. The maximum Gasteiger partial charge on any atom is 0.161 e. The molecule has 0 atom stereocenters. The Morgan fingerprint density at radius 1 is 1.43 bits per heavy atom. The molecule has 0 amide bonds. The molecule has 0 saturated carbocycles. The van der Waals surface area contributed by atoms with E-state index in [9.17, 15) is 5.11 Å². The molecule has 0 fully saturated rings. The normalized spacial score (nSPS) is 10.7. The molecule has 0 spiro atoms. The van der Waals surface area contributed by atoms with Crippen LogP contribution in [-0.2, 0) is 0 Å². The van der Waals surface area contributed by atoms with Gasteiger partial charge >= 0.3 is 0 Å². The molecule has 0 radical (unpaired) electrons. The van der Waals surface area contributed by atoms with Crippen molar-refractivity contribution >= 4 is 6.08 Å². The van der Waals surface area contributed by atoms with E-state index in [1.54, 1.807) is 13.2 Å². The summed E-state index contributed by atoms with van der Waals surface area (Å²) in [5.74, 6) is 0.698. The standard InChI is InChI=1S/C12H16O2/c1-3-4-5-6-10-7-8-11(13)12(9-10)14-2/h5-9,13H,3-4H2,1-2H3. The van der Waals surface area contributed by atoms with Crippen LogP contribution in [0.2, 0.25) is 0 Å². The van der Waals surface area contributed by atoms with Crippen LogP contribution in [0.15, 0.2) is 24.3 Å². The first-order valence-electron chi connectivity index (χ1n) is 4.81. The van der Waals surface area contributed by atoms with Gasteiger partial charge in [-0.15, -0.1) is 0 Å². The van der Waals surface area contributed by atoms with E-state index < -0.39 is 0 Å². The molecular weight excluding hydrogens is 176 g/mol. The molecule has 2 heteroatoms.